The zero-order valence-corrected chi connectivity index (χ0v) is 10.9. The van der Waals surface area contributed by atoms with Crippen molar-refractivity contribution in [2.45, 2.75) is 12.6 Å². The second-order valence-corrected chi connectivity index (χ2v) is 4.23. The van der Waals surface area contributed by atoms with E-state index in [1.165, 1.54) is 12.3 Å². The van der Waals surface area contributed by atoms with Gasteiger partial charge in [-0.2, -0.15) is 5.26 Å². The van der Waals surface area contributed by atoms with E-state index in [2.05, 4.69) is 5.10 Å². The lowest BCUT2D eigenvalue weighted by atomic mass is 10.2. The van der Waals surface area contributed by atoms with Crippen LogP contribution in [0.15, 0.2) is 36.5 Å². The second kappa shape index (κ2) is 6.49. The zero-order valence-electron chi connectivity index (χ0n) is 10.9. The Labute approximate surface area is 120 Å². The number of ether oxygens (including phenoxy) is 1. The van der Waals surface area contributed by atoms with Gasteiger partial charge in [0, 0.05) is 0 Å². The quantitative estimate of drug-likeness (QED) is 0.629. The molecule has 0 saturated carbocycles. The van der Waals surface area contributed by atoms with Crippen molar-refractivity contribution in [1.29, 1.82) is 5.26 Å². The molecule has 1 aromatic heterocycles. The van der Waals surface area contributed by atoms with Gasteiger partial charge in [0.05, 0.1) is 23.9 Å². The topological polar surface area (TPSA) is 114 Å². The molecule has 21 heavy (non-hydrogen) atoms. The van der Waals surface area contributed by atoms with Crippen LogP contribution < -0.4 is 4.74 Å². The number of hydrogen-bond acceptors (Lipinski definition) is 6. The van der Waals surface area contributed by atoms with Crippen molar-refractivity contribution in [3.63, 3.8) is 0 Å². The van der Waals surface area contributed by atoms with E-state index < -0.39 is 11.0 Å². The molecule has 1 unspecified atom stereocenters. The minimum Gasteiger partial charge on any atom is -0.491 e. The molecule has 0 aliphatic carbocycles. The van der Waals surface area contributed by atoms with Gasteiger partial charge in [0.2, 0.25) is 0 Å². The van der Waals surface area contributed by atoms with Gasteiger partial charge >= 0.3 is 5.82 Å². The van der Waals surface area contributed by atoms with Gasteiger partial charge in [0.25, 0.3) is 0 Å². The van der Waals surface area contributed by atoms with Crippen molar-refractivity contribution >= 4 is 5.82 Å². The molecule has 0 amide bonds. The molecule has 1 aromatic carbocycles. The molecule has 1 atom stereocenters. The van der Waals surface area contributed by atoms with E-state index in [9.17, 15) is 15.2 Å². The largest absolute Gasteiger partial charge is 0.491 e. The molecule has 0 bridgehead atoms. The Morgan fingerprint density at radius 1 is 1.43 bits per heavy atom. The zero-order chi connectivity index (χ0) is 15.2. The van der Waals surface area contributed by atoms with Crippen LogP contribution in [0.3, 0.4) is 0 Å². The number of rotatable bonds is 6. The maximum Gasteiger partial charge on any atom is 0.344 e. The third kappa shape index (κ3) is 3.77. The number of benzene rings is 1. The van der Waals surface area contributed by atoms with Gasteiger partial charge in [-0.05, 0) is 29.2 Å². The summed E-state index contributed by atoms with van der Waals surface area (Å²) in [6.07, 6.45) is 0.353. The molecule has 8 heteroatoms. The Morgan fingerprint density at radius 2 is 2.14 bits per heavy atom. The number of nitro groups is 1. The van der Waals surface area contributed by atoms with E-state index in [1.54, 1.807) is 24.3 Å². The van der Waals surface area contributed by atoms with Crippen LogP contribution in [0.2, 0.25) is 0 Å². The van der Waals surface area contributed by atoms with Crippen LogP contribution in [0.5, 0.6) is 5.75 Å². The summed E-state index contributed by atoms with van der Waals surface area (Å²) in [6.45, 7) is -0.0808. The molecule has 0 aliphatic rings. The lowest BCUT2D eigenvalue weighted by Gasteiger charge is -2.10. The molecule has 2 aromatic rings. The first-order valence-electron chi connectivity index (χ1n) is 6.07. The van der Waals surface area contributed by atoms with Crippen LogP contribution in [0, 0.1) is 21.4 Å². The Hall–Kier alpha value is -2.92. The highest BCUT2D eigenvalue weighted by Gasteiger charge is 2.18. The van der Waals surface area contributed by atoms with Crippen molar-refractivity contribution in [1.82, 2.24) is 9.78 Å². The van der Waals surface area contributed by atoms with Crippen LogP contribution in [0.1, 0.15) is 5.56 Å². The maximum atomic E-state index is 10.7. The molecule has 108 valence electrons. The van der Waals surface area contributed by atoms with Crippen LogP contribution in [0.4, 0.5) is 5.82 Å². The van der Waals surface area contributed by atoms with E-state index in [-0.39, 0.29) is 19.0 Å². The van der Waals surface area contributed by atoms with E-state index in [4.69, 9.17) is 10.00 Å². The Kier molecular flexibility index (Phi) is 4.48. The first kappa shape index (κ1) is 14.5. The number of hydrogen-bond donors (Lipinski definition) is 1. The molecule has 2 rings (SSSR count). The Morgan fingerprint density at radius 3 is 2.76 bits per heavy atom. The maximum absolute atomic E-state index is 10.7. The lowest BCUT2D eigenvalue weighted by Crippen LogP contribution is -2.24. The predicted octanol–water partition coefficient (Wildman–Crippen LogP) is 1.10. The first-order chi connectivity index (χ1) is 10.1. The normalized spacial score (nSPS) is 11.6. The molecule has 0 aliphatic heterocycles. The van der Waals surface area contributed by atoms with Gasteiger partial charge in [-0.15, -0.1) is 4.68 Å². The molecule has 1 heterocycles. The van der Waals surface area contributed by atoms with Crippen LogP contribution in [-0.4, -0.2) is 32.5 Å². The average molecular weight is 288 g/mol. The molecule has 0 saturated heterocycles. The van der Waals surface area contributed by atoms with Crippen molar-refractivity contribution < 1.29 is 14.8 Å². The minimum absolute atomic E-state index is 0.0388. The minimum atomic E-state index is -0.945. The summed E-state index contributed by atoms with van der Waals surface area (Å²) in [5.41, 5.74) is 0.509. The molecule has 1 N–H and O–H groups in total. The summed E-state index contributed by atoms with van der Waals surface area (Å²) < 4.78 is 6.45. The van der Waals surface area contributed by atoms with Crippen LogP contribution in [-0.2, 0) is 6.54 Å². The fraction of sp³-hybridized carbons (Fsp3) is 0.231. The Bertz CT molecular complexity index is 660. The van der Waals surface area contributed by atoms with Crippen molar-refractivity contribution in [2.75, 3.05) is 6.61 Å². The van der Waals surface area contributed by atoms with E-state index >= 15 is 0 Å². The summed E-state index contributed by atoms with van der Waals surface area (Å²) >= 11 is 0. The smallest absolute Gasteiger partial charge is 0.344 e. The molecular weight excluding hydrogens is 276 g/mol. The molecular formula is C13H12N4O4. The van der Waals surface area contributed by atoms with Crippen LogP contribution >= 0.6 is 0 Å². The van der Waals surface area contributed by atoms with Gasteiger partial charge in [-0.3, -0.25) is 0 Å². The number of aliphatic hydroxyl groups is 1. The van der Waals surface area contributed by atoms with E-state index in [0.717, 1.165) is 4.68 Å². The van der Waals surface area contributed by atoms with Gasteiger partial charge in [-0.1, -0.05) is 5.10 Å². The third-order valence-electron chi connectivity index (χ3n) is 2.69. The predicted molar refractivity (Wildman–Crippen MR) is 71.5 cm³/mol. The molecule has 0 radical (unpaired) electrons. The van der Waals surface area contributed by atoms with Crippen LogP contribution in [0.25, 0.3) is 0 Å². The standard InChI is InChI=1S/C13H12N4O4/c14-7-10-1-3-12(4-2-10)21-9-11(18)8-16-13(17(19)20)5-6-15-16/h1-6,11,18H,8-9H2. The Balaban J connectivity index is 1.89. The lowest BCUT2D eigenvalue weighted by molar-refractivity contribution is -0.392. The van der Waals surface area contributed by atoms with E-state index in [0.29, 0.717) is 11.3 Å². The second-order valence-electron chi connectivity index (χ2n) is 4.23. The summed E-state index contributed by atoms with van der Waals surface area (Å²) in [4.78, 5) is 10.1. The van der Waals surface area contributed by atoms with E-state index in [1.807, 2.05) is 6.07 Å². The number of aromatic nitrogens is 2. The van der Waals surface area contributed by atoms with Gasteiger partial charge < -0.3 is 20.0 Å². The first-order valence-corrected chi connectivity index (χ1v) is 6.07. The molecule has 0 spiro atoms. The number of nitrogens with zero attached hydrogens (tertiary/aromatic N) is 4. The highest BCUT2D eigenvalue weighted by atomic mass is 16.6. The highest BCUT2D eigenvalue weighted by molar-refractivity contribution is 5.34. The monoisotopic (exact) mass is 288 g/mol. The van der Waals surface area contributed by atoms with Gasteiger partial charge in [0.1, 0.15) is 25.0 Å². The average Bonchev–Trinajstić information content (AvgIpc) is 2.94. The molecule has 0 fully saturated rings. The number of aliphatic hydroxyl groups excluding tert-OH is 1. The molecule has 8 nitrogen and oxygen atoms in total. The fourth-order valence-electron chi connectivity index (χ4n) is 1.69. The fourth-order valence-corrected chi connectivity index (χ4v) is 1.69. The summed E-state index contributed by atoms with van der Waals surface area (Å²) in [7, 11) is 0. The highest BCUT2D eigenvalue weighted by Crippen LogP contribution is 2.13. The van der Waals surface area contributed by atoms with Crippen molar-refractivity contribution in [3.05, 3.63) is 52.2 Å². The van der Waals surface area contributed by atoms with Gasteiger partial charge in [0.15, 0.2) is 0 Å². The van der Waals surface area contributed by atoms with Crippen molar-refractivity contribution in [2.24, 2.45) is 0 Å². The third-order valence-corrected chi connectivity index (χ3v) is 2.69. The summed E-state index contributed by atoms with van der Waals surface area (Å²) in [6, 6.07) is 9.66. The van der Waals surface area contributed by atoms with Gasteiger partial charge in [-0.25, -0.2) is 0 Å². The summed E-state index contributed by atoms with van der Waals surface area (Å²) in [5, 5.41) is 33.0. The SMILES string of the molecule is N#Cc1ccc(OCC(O)Cn2nccc2[N+](=O)[O-])cc1. The summed E-state index contributed by atoms with van der Waals surface area (Å²) in [5.74, 6) is 0.315. The van der Waals surface area contributed by atoms with Crippen molar-refractivity contribution in [3.8, 4) is 11.8 Å². The number of nitriles is 1.